The Labute approximate surface area is 93.8 Å². The van der Waals surface area contributed by atoms with Crippen LogP contribution in [0, 0.1) is 0 Å². The van der Waals surface area contributed by atoms with E-state index in [0.29, 0.717) is 5.56 Å². The van der Waals surface area contributed by atoms with Gasteiger partial charge >= 0.3 is 0 Å². The molecule has 0 spiro atoms. The highest BCUT2D eigenvalue weighted by molar-refractivity contribution is 9.11. The monoisotopic (exact) mass is 276 g/mol. The van der Waals surface area contributed by atoms with Crippen LogP contribution in [0.3, 0.4) is 0 Å². The van der Waals surface area contributed by atoms with E-state index in [1.807, 2.05) is 0 Å². The molecule has 6 heteroatoms. The van der Waals surface area contributed by atoms with Gasteiger partial charge in [-0.15, -0.1) is 11.3 Å². The van der Waals surface area contributed by atoms with Crippen molar-refractivity contribution in [2.24, 2.45) is 0 Å². The lowest BCUT2D eigenvalue weighted by molar-refractivity contribution is -0.119. The van der Waals surface area contributed by atoms with E-state index < -0.39 is 0 Å². The summed E-state index contributed by atoms with van der Waals surface area (Å²) in [4.78, 5) is 22.2. The largest absolute Gasteiger partial charge is 0.358 e. The minimum atomic E-state index is -0.240. The van der Waals surface area contributed by atoms with Crippen LogP contribution < -0.4 is 10.6 Å². The lowest BCUT2D eigenvalue weighted by Gasteiger charge is -2.01. The van der Waals surface area contributed by atoms with Gasteiger partial charge in [0, 0.05) is 12.4 Å². The molecular weight excluding hydrogens is 268 g/mol. The van der Waals surface area contributed by atoms with Gasteiger partial charge in [0.15, 0.2) is 0 Å². The van der Waals surface area contributed by atoms with Crippen molar-refractivity contribution >= 4 is 39.1 Å². The van der Waals surface area contributed by atoms with E-state index in [0.717, 1.165) is 3.79 Å². The number of nitrogens with one attached hydrogen (secondary N) is 2. The summed E-state index contributed by atoms with van der Waals surface area (Å²) in [5.41, 5.74) is 0.561. The molecule has 0 saturated carbocycles. The number of likely N-dealkylation sites (N-methyl/N-ethyl adjacent to an activating group) is 1. The summed E-state index contributed by atoms with van der Waals surface area (Å²) in [5, 5.41) is 6.64. The fraction of sp³-hybridized carbons (Fsp3) is 0.250. The third kappa shape index (κ3) is 3.12. The molecule has 1 rings (SSSR count). The average molecular weight is 277 g/mol. The average Bonchev–Trinajstić information content (AvgIpc) is 2.60. The maximum absolute atomic E-state index is 11.4. The van der Waals surface area contributed by atoms with Crippen molar-refractivity contribution < 1.29 is 9.59 Å². The molecule has 0 atom stereocenters. The molecule has 0 unspecified atom stereocenters. The van der Waals surface area contributed by atoms with Crippen LogP contribution in [0.2, 0.25) is 0 Å². The molecule has 0 bridgehead atoms. The number of carbonyl (C=O) groups is 2. The summed E-state index contributed by atoms with van der Waals surface area (Å²) in [6, 6.07) is 1.71. The predicted molar refractivity (Wildman–Crippen MR) is 58.4 cm³/mol. The highest BCUT2D eigenvalue weighted by Gasteiger charge is 2.08. The second-order valence-electron chi connectivity index (χ2n) is 2.50. The van der Waals surface area contributed by atoms with Crippen LogP contribution in [0.5, 0.6) is 0 Å². The number of rotatable bonds is 3. The molecule has 76 valence electrons. The Morgan fingerprint density at radius 1 is 1.57 bits per heavy atom. The van der Waals surface area contributed by atoms with Gasteiger partial charge in [0.1, 0.15) is 0 Å². The van der Waals surface area contributed by atoms with E-state index in [1.165, 1.54) is 18.4 Å². The van der Waals surface area contributed by atoms with Gasteiger partial charge in [0.25, 0.3) is 5.91 Å². The molecule has 0 aliphatic rings. The summed E-state index contributed by atoms with van der Waals surface area (Å²) >= 11 is 4.68. The zero-order valence-corrected chi connectivity index (χ0v) is 9.87. The summed E-state index contributed by atoms with van der Waals surface area (Å²) in [6.07, 6.45) is 0. The first kappa shape index (κ1) is 11.2. The third-order valence-electron chi connectivity index (χ3n) is 1.52. The minimum absolute atomic E-state index is 0.00278. The Morgan fingerprint density at radius 2 is 2.29 bits per heavy atom. The fourth-order valence-corrected chi connectivity index (χ4v) is 1.92. The molecule has 1 aromatic heterocycles. The van der Waals surface area contributed by atoms with E-state index in [-0.39, 0.29) is 18.4 Å². The molecule has 0 saturated heterocycles. The number of hydrogen-bond acceptors (Lipinski definition) is 3. The molecule has 0 radical (unpaired) electrons. The van der Waals surface area contributed by atoms with Crippen molar-refractivity contribution in [3.63, 3.8) is 0 Å². The maximum Gasteiger partial charge on any atom is 0.252 e. The quantitative estimate of drug-likeness (QED) is 0.865. The van der Waals surface area contributed by atoms with Crippen molar-refractivity contribution in [3.05, 3.63) is 20.8 Å². The maximum atomic E-state index is 11.4. The minimum Gasteiger partial charge on any atom is -0.358 e. The highest BCUT2D eigenvalue weighted by Crippen LogP contribution is 2.20. The van der Waals surface area contributed by atoms with Crippen LogP contribution in [-0.2, 0) is 4.79 Å². The van der Waals surface area contributed by atoms with E-state index >= 15 is 0 Å². The number of amides is 2. The molecule has 1 aromatic rings. The van der Waals surface area contributed by atoms with Crippen LogP contribution in [-0.4, -0.2) is 25.4 Å². The number of thiophene rings is 1. The van der Waals surface area contributed by atoms with Crippen LogP contribution in [0.15, 0.2) is 15.2 Å². The van der Waals surface area contributed by atoms with Gasteiger partial charge in [-0.3, -0.25) is 9.59 Å². The van der Waals surface area contributed by atoms with Gasteiger partial charge in [0.05, 0.1) is 15.9 Å². The normalized spacial score (nSPS) is 9.57. The standard InChI is InChI=1S/C8H9BrN2O2S/c1-10-7(12)3-11-8(13)5-2-6(9)14-4-5/h2,4H,3H2,1H3,(H,10,12)(H,11,13). The molecule has 0 aromatic carbocycles. The first-order chi connectivity index (χ1) is 6.63. The highest BCUT2D eigenvalue weighted by atomic mass is 79.9. The fourth-order valence-electron chi connectivity index (χ4n) is 0.780. The van der Waals surface area contributed by atoms with Crippen molar-refractivity contribution in [1.29, 1.82) is 0 Å². The smallest absolute Gasteiger partial charge is 0.252 e. The van der Waals surface area contributed by atoms with E-state index in [9.17, 15) is 9.59 Å². The van der Waals surface area contributed by atoms with Crippen LogP contribution >= 0.6 is 27.3 Å². The Morgan fingerprint density at radius 3 is 2.79 bits per heavy atom. The van der Waals surface area contributed by atoms with Crippen LogP contribution in [0.4, 0.5) is 0 Å². The lowest BCUT2D eigenvalue weighted by atomic mass is 10.3. The number of hydrogen-bond donors (Lipinski definition) is 2. The van der Waals surface area contributed by atoms with Crippen LogP contribution in [0.25, 0.3) is 0 Å². The van der Waals surface area contributed by atoms with Gasteiger partial charge < -0.3 is 10.6 Å². The topological polar surface area (TPSA) is 58.2 Å². The Balaban J connectivity index is 2.47. The van der Waals surface area contributed by atoms with Crippen LogP contribution in [0.1, 0.15) is 10.4 Å². The zero-order chi connectivity index (χ0) is 10.6. The second-order valence-corrected chi connectivity index (χ2v) is 4.79. The molecule has 2 N–H and O–H groups in total. The van der Waals surface area contributed by atoms with Gasteiger partial charge in [-0.1, -0.05) is 0 Å². The van der Waals surface area contributed by atoms with Gasteiger partial charge in [-0.05, 0) is 22.0 Å². The molecule has 0 aliphatic carbocycles. The molecular formula is C8H9BrN2O2S. The Bertz CT molecular complexity index is 351. The third-order valence-corrected chi connectivity index (χ3v) is 3.02. The SMILES string of the molecule is CNC(=O)CNC(=O)c1csc(Br)c1. The molecule has 0 fully saturated rings. The number of carbonyl (C=O) groups excluding carboxylic acids is 2. The lowest BCUT2D eigenvalue weighted by Crippen LogP contribution is -2.34. The van der Waals surface area contributed by atoms with E-state index in [2.05, 4.69) is 26.6 Å². The molecule has 4 nitrogen and oxygen atoms in total. The summed E-state index contributed by atoms with van der Waals surface area (Å²) in [5.74, 6) is -0.455. The molecule has 0 aliphatic heterocycles. The van der Waals surface area contributed by atoms with Gasteiger partial charge in [0.2, 0.25) is 5.91 Å². The Hall–Kier alpha value is -0.880. The van der Waals surface area contributed by atoms with Gasteiger partial charge in [-0.25, -0.2) is 0 Å². The molecule has 1 heterocycles. The second kappa shape index (κ2) is 5.11. The van der Waals surface area contributed by atoms with Crippen molar-refractivity contribution in [2.45, 2.75) is 0 Å². The summed E-state index contributed by atoms with van der Waals surface area (Å²) in [7, 11) is 1.52. The molecule has 2 amide bonds. The first-order valence-electron chi connectivity index (χ1n) is 3.86. The van der Waals surface area contributed by atoms with Crippen molar-refractivity contribution in [2.75, 3.05) is 13.6 Å². The molecule has 14 heavy (non-hydrogen) atoms. The summed E-state index contributed by atoms with van der Waals surface area (Å²) < 4.78 is 0.891. The van der Waals surface area contributed by atoms with Crippen molar-refractivity contribution in [3.8, 4) is 0 Å². The zero-order valence-electron chi connectivity index (χ0n) is 7.46. The first-order valence-corrected chi connectivity index (χ1v) is 5.53. The van der Waals surface area contributed by atoms with E-state index in [4.69, 9.17) is 0 Å². The van der Waals surface area contributed by atoms with Gasteiger partial charge in [-0.2, -0.15) is 0 Å². The Kier molecular flexibility index (Phi) is 4.09. The predicted octanol–water partition coefficient (Wildman–Crippen LogP) is 0.986. The van der Waals surface area contributed by atoms with E-state index in [1.54, 1.807) is 11.4 Å². The number of halogens is 1. The summed E-state index contributed by atoms with van der Waals surface area (Å²) in [6.45, 7) is 0.00278. The van der Waals surface area contributed by atoms with Crippen molar-refractivity contribution in [1.82, 2.24) is 10.6 Å².